The quantitative estimate of drug-likeness (QED) is 0.360. The zero-order chi connectivity index (χ0) is 21.0. The number of carbonyl (C=O) groups excluding carboxylic acids is 1. The number of nitrogens with one attached hydrogen (secondary N) is 1. The number of hydrogen-bond acceptors (Lipinski definition) is 5. The van der Waals surface area contributed by atoms with Crippen LogP contribution in [0.25, 0.3) is 11.3 Å². The van der Waals surface area contributed by atoms with Gasteiger partial charge in [-0.05, 0) is 43.2 Å². The van der Waals surface area contributed by atoms with Crippen LogP contribution in [0, 0.1) is 15.9 Å². The van der Waals surface area contributed by atoms with E-state index in [1.165, 1.54) is 35.2 Å². The average molecular weight is 397 g/mol. The summed E-state index contributed by atoms with van der Waals surface area (Å²) >= 11 is 0. The molecule has 2 aromatic carbocycles. The van der Waals surface area contributed by atoms with Crippen molar-refractivity contribution < 1.29 is 14.1 Å². The number of amides is 1. The number of nitrogens with zero attached hydrogens (tertiary/aromatic N) is 3. The van der Waals surface area contributed by atoms with Crippen molar-refractivity contribution in [1.29, 1.82) is 0 Å². The number of nitrogens with two attached hydrogens (primary N) is 1. The maximum absolute atomic E-state index is 13.3. The number of aryl methyl sites for hydroxylation is 1. The highest BCUT2D eigenvalue weighted by atomic mass is 19.1. The number of nitrogen functional groups attached to an aromatic ring is 1. The number of nitro groups is 1. The summed E-state index contributed by atoms with van der Waals surface area (Å²) in [5, 5.41) is 18.1. The van der Waals surface area contributed by atoms with E-state index in [4.69, 9.17) is 5.73 Å². The molecule has 150 valence electrons. The minimum Gasteiger partial charge on any atom is -0.393 e. The molecular formula is C20H20FN5O3. The lowest BCUT2D eigenvalue weighted by molar-refractivity contribution is -0.383. The van der Waals surface area contributed by atoms with Crippen LogP contribution >= 0.6 is 0 Å². The Morgan fingerprint density at radius 3 is 2.79 bits per heavy atom. The van der Waals surface area contributed by atoms with Gasteiger partial charge in [0.15, 0.2) is 0 Å². The first-order valence-corrected chi connectivity index (χ1v) is 8.95. The lowest BCUT2D eigenvalue weighted by Crippen LogP contribution is -2.28. The predicted molar refractivity (Wildman–Crippen MR) is 107 cm³/mol. The van der Waals surface area contributed by atoms with E-state index < -0.39 is 4.92 Å². The van der Waals surface area contributed by atoms with Gasteiger partial charge >= 0.3 is 0 Å². The van der Waals surface area contributed by atoms with E-state index >= 15 is 0 Å². The molecule has 1 heterocycles. The summed E-state index contributed by atoms with van der Waals surface area (Å²) in [5.74, 6) is -0.645. The molecule has 29 heavy (non-hydrogen) atoms. The van der Waals surface area contributed by atoms with Crippen molar-refractivity contribution in [3.05, 3.63) is 75.7 Å². The fourth-order valence-corrected chi connectivity index (χ4v) is 2.95. The highest BCUT2D eigenvalue weighted by Gasteiger charge is 2.18. The summed E-state index contributed by atoms with van der Waals surface area (Å²) in [4.78, 5) is 24.4. The van der Waals surface area contributed by atoms with E-state index in [1.54, 1.807) is 19.2 Å². The van der Waals surface area contributed by atoms with Crippen molar-refractivity contribution in [2.75, 3.05) is 19.3 Å². The third kappa shape index (κ3) is 4.75. The summed E-state index contributed by atoms with van der Waals surface area (Å²) in [5.41, 5.74) is 7.71. The van der Waals surface area contributed by atoms with Crippen LogP contribution in [0.15, 0.2) is 48.5 Å². The van der Waals surface area contributed by atoms with Crippen LogP contribution in [0.1, 0.15) is 22.5 Å². The summed E-state index contributed by atoms with van der Waals surface area (Å²) in [6, 6.07) is 12.1. The van der Waals surface area contributed by atoms with Crippen molar-refractivity contribution >= 4 is 17.3 Å². The Labute approximate surface area is 166 Å². The van der Waals surface area contributed by atoms with Crippen molar-refractivity contribution in [3.8, 4) is 11.3 Å². The van der Waals surface area contributed by atoms with Gasteiger partial charge in [0.25, 0.3) is 11.6 Å². The summed E-state index contributed by atoms with van der Waals surface area (Å²) in [6.45, 7) is 0.450. The molecule has 9 heteroatoms. The van der Waals surface area contributed by atoms with Gasteiger partial charge in [-0.1, -0.05) is 12.1 Å². The average Bonchev–Trinajstić information content (AvgIpc) is 3.16. The van der Waals surface area contributed by atoms with E-state index in [9.17, 15) is 19.3 Å². The zero-order valence-corrected chi connectivity index (χ0v) is 15.8. The molecule has 8 nitrogen and oxygen atoms in total. The van der Waals surface area contributed by atoms with E-state index in [2.05, 4.69) is 10.2 Å². The Balaban J connectivity index is 1.57. The van der Waals surface area contributed by atoms with E-state index in [0.717, 1.165) is 5.69 Å². The fraction of sp³-hybridized carbons (Fsp3) is 0.200. The third-order valence-electron chi connectivity index (χ3n) is 4.51. The largest absolute Gasteiger partial charge is 0.393 e. The number of carbonyl (C=O) groups is 1. The number of hydrogen-bond donors (Lipinski definition) is 2. The van der Waals surface area contributed by atoms with Crippen LogP contribution < -0.4 is 5.73 Å². The van der Waals surface area contributed by atoms with Gasteiger partial charge in [-0.2, -0.15) is 5.10 Å². The number of halogens is 1. The SMILES string of the molecule is CN(CCCc1cc(-c2cccc(F)c2)n[nH]1)C(=O)c1ccc(N)c([N+](=O)[O-])c1. The molecule has 1 amide bonds. The Morgan fingerprint density at radius 2 is 2.07 bits per heavy atom. The first-order chi connectivity index (χ1) is 13.8. The Morgan fingerprint density at radius 1 is 1.28 bits per heavy atom. The van der Waals surface area contributed by atoms with E-state index in [0.29, 0.717) is 30.6 Å². The van der Waals surface area contributed by atoms with Crippen molar-refractivity contribution in [3.63, 3.8) is 0 Å². The zero-order valence-electron chi connectivity index (χ0n) is 15.8. The van der Waals surface area contributed by atoms with Crippen LogP contribution in [0.4, 0.5) is 15.8 Å². The van der Waals surface area contributed by atoms with Crippen LogP contribution in [0.5, 0.6) is 0 Å². The molecule has 0 fully saturated rings. The molecule has 0 atom stereocenters. The van der Waals surface area contributed by atoms with Gasteiger partial charge in [0.2, 0.25) is 0 Å². The van der Waals surface area contributed by atoms with Crippen LogP contribution in [-0.4, -0.2) is 39.5 Å². The lowest BCUT2D eigenvalue weighted by Gasteiger charge is -2.17. The van der Waals surface area contributed by atoms with Crippen LogP contribution in [0.3, 0.4) is 0 Å². The molecule has 0 aliphatic carbocycles. The molecule has 0 aliphatic heterocycles. The Hall–Kier alpha value is -3.75. The standard InChI is InChI=1S/C20H20FN5O3/c1-25(20(27)14-7-8-17(22)19(11-14)26(28)29)9-3-6-16-12-18(24-23-16)13-4-2-5-15(21)10-13/h2,4-5,7-8,10-12H,3,6,9,22H2,1H3,(H,23,24). The van der Waals surface area contributed by atoms with Crippen molar-refractivity contribution in [2.45, 2.75) is 12.8 Å². The molecule has 3 N–H and O–H groups in total. The monoisotopic (exact) mass is 397 g/mol. The number of nitro benzene ring substituents is 1. The van der Waals surface area contributed by atoms with Gasteiger partial charge in [-0.3, -0.25) is 20.0 Å². The molecule has 3 aromatic rings. The molecule has 0 bridgehead atoms. The van der Waals surface area contributed by atoms with Gasteiger partial charge < -0.3 is 10.6 Å². The number of benzene rings is 2. The summed E-state index contributed by atoms with van der Waals surface area (Å²) < 4.78 is 13.3. The van der Waals surface area contributed by atoms with Crippen LogP contribution in [-0.2, 0) is 6.42 Å². The smallest absolute Gasteiger partial charge is 0.292 e. The topological polar surface area (TPSA) is 118 Å². The second-order valence-corrected chi connectivity index (χ2v) is 6.65. The number of rotatable bonds is 7. The Bertz CT molecular complexity index is 1050. The van der Waals surface area contributed by atoms with E-state index in [-0.39, 0.29) is 28.7 Å². The number of anilines is 1. The van der Waals surface area contributed by atoms with Crippen molar-refractivity contribution in [2.24, 2.45) is 0 Å². The predicted octanol–water partition coefficient (Wildman–Crippen LogP) is 3.41. The molecule has 0 saturated carbocycles. The highest BCUT2D eigenvalue weighted by Crippen LogP contribution is 2.23. The molecule has 1 aromatic heterocycles. The molecule has 0 saturated heterocycles. The highest BCUT2D eigenvalue weighted by molar-refractivity contribution is 5.95. The lowest BCUT2D eigenvalue weighted by atomic mass is 10.1. The molecular weight excluding hydrogens is 377 g/mol. The summed E-state index contributed by atoms with van der Waals surface area (Å²) in [7, 11) is 1.63. The molecule has 0 radical (unpaired) electrons. The van der Waals surface area contributed by atoms with Gasteiger partial charge in [-0.15, -0.1) is 0 Å². The molecule has 0 unspecified atom stereocenters. The second kappa shape index (κ2) is 8.51. The Kier molecular flexibility index (Phi) is 5.87. The maximum Gasteiger partial charge on any atom is 0.292 e. The van der Waals surface area contributed by atoms with Gasteiger partial charge in [0, 0.05) is 36.5 Å². The molecule has 0 aliphatic rings. The van der Waals surface area contributed by atoms with Gasteiger partial charge in [-0.25, -0.2) is 4.39 Å². The van der Waals surface area contributed by atoms with Gasteiger partial charge in [0.05, 0.1) is 10.6 Å². The van der Waals surface area contributed by atoms with Crippen LogP contribution in [0.2, 0.25) is 0 Å². The molecule has 0 spiro atoms. The van der Waals surface area contributed by atoms with Crippen molar-refractivity contribution in [1.82, 2.24) is 15.1 Å². The second-order valence-electron chi connectivity index (χ2n) is 6.65. The van der Waals surface area contributed by atoms with Gasteiger partial charge in [0.1, 0.15) is 11.5 Å². The fourth-order valence-electron chi connectivity index (χ4n) is 2.95. The first-order valence-electron chi connectivity index (χ1n) is 8.95. The van der Waals surface area contributed by atoms with E-state index in [1.807, 2.05) is 6.07 Å². The minimum absolute atomic E-state index is 0.0162. The number of H-pyrrole nitrogens is 1. The summed E-state index contributed by atoms with van der Waals surface area (Å²) in [6.07, 6.45) is 1.30. The molecule has 3 rings (SSSR count). The number of aromatic amines is 1. The first kappa shape index (κ1) is 20.0. The maximum atomic E-state index is 13.3. The normalized spacial score (nSPS) is 10.7. The number of aromatic nitrogens is 2. The third-order valence-corrected chi connectivity index (χ3v) is 4.51. The minimum atomic E-state index is -0.611.